The van der Waals surface area contributed by atoms with E-state index in [0.29, 0.717) is 6.54 Å². The van der Waals surface area contributed by atoms with Crippen LogP contribution in [0.15, 0.2) is 18.2 Å². The molecule has 0 aromatic heterocycles. The van der Waals surface area contributed by atoms with E-state index < -0.39 is 12.6 Å². The Bertz CT molecular complexity index is 459. The molecule has 0 spiro atoms. The lowest BCUT2D eigenvalue weighted by Gasteiger charge is -2.20. The number of hydrogen-bond acceptors (Lipinski definition) is 2. The molecule has 112 valence electrons. The molecule has 0 fully saturated rings. The average Bonchev–Trinajstić information content (AvgIpc) is 2.72. The first kappa shape index (κ1) is 15.2. The highest BCUT2D eigenvalue weighted by Crippen LogP contribution is 2.33. The second kappa shape index (κ2) is 6.04. The molecule has 20 heavy (non-hydrogen) atoms. The topological polar surface area (TPSA) is 21.3 Å². The summed E-state index contributed by atoms with van der Waals surface area (Å²) in [6.07, 6.45) is -3.85. The van der Waals surface area contributed by atoms with Crippen molar-refractivity contribution in [3.63, 3.8) is 0 Å². The molecule has 0 aliphatic carbocycles. The molecule has 1 aromatic rings. The molecular weight excluding hydrogens is 267 g/mol. The molecule has 0 bridgehead atoms. The Morgan fingerprint density at radius 3 is 2.80 bits per heavy atom. The van der Waals surface area contributed by atoms with Crippen LogP contribution in [0.2, 0.25) is 0 Å². The number of nitrogens with one attached hydrogen (secondary N) is 1. The molecule has 0 saturated heterocycles. The fourth-order valence-corrected chi connectivity index (χ4v) is 2.60. The lowest BCUT2D eigenvalue weighted by atomic mass is 9.98. The standard InChI is InChI=1S/C15H20F3NO/c1-3-19-13(6-7-15(16,17)18)11-4-5-14-12(9-11)8-10(2)20-14/h4-5,9-10,13,19H,3,6-8H2,1-2H3. The van der Waals surface area contributed by atoms with Gasteiger partial charge in [-0.3, -0.25) is 0 Å². The number of halogens is 3. The number of benzene rings is 1. The summed E-state index contributed by atoms with van der Waals surface area (Å²) in [5, 5.41) is 3.13. The monoisotopic (exact) mass is 287 g/mol. The van der Waals surface area contributed by atoms with E-state index in [4.69, 9.17) is 4.74 Å². The van der Waals surface area contributed by atoms with Gasteiger partial charge in [-0.2, -0.15) is 13.2 Å². The second-order valence-corrected chi connectivity index (χ2v) is 5.26. The third-order valence-electron chi connectivity index (χ3n) is 3.49. The maximum absolute atomic E-state index is 12.4. The minimum absolute atomic E-state index is 0.0620. The molecule has 1 N–H and O–H groups in total. The van der Waals surface area contributed by atoms with E-state index in [1.165, 1.54) is 0 Å². The Labute approximate surface area is 117 Å². The first-order valence-electron chi connectivity index (χ1n) is 6.98. The van der Waals surface area contributed by atoms with Gasteiger partial charge in [0.15, 0.2) is 0 Å². The molecule has 2 rings (SSSR count). The second-order valence-electron chi connectivity index (χ2n) is 5.26. The third-order valence-corrected chi connectivity index (χ3v) is 3.49. The van der Waals surface area contributed by atoms with E-state index in [9.17, 15) is 13.2 Å². The van der Waals surface area contributed by atoms with Crippen LogP contribution in [0.3, 0.4) is 0 Å². The Hall–Kier alpha value is -1.23. The lowest BCUT2D eigenvalue weighted by Crippen LogP contribution is -2.23. The SMILES string of the molecule is CCNC(CCC(F)(F)F)c1ccc2c(c1)CC(C)O2. The van der Waals surface area contributed by atoms with Gasteiger partial charge in [0.2, 0.25) is 0 Å². The zero-order valence-electron chi connectivity index (χ0n) is 11.8. The molecule has 1 aliphatic rings. The highest BCUT2D eigenvalue weighted by molar-refractivity contribution is 5.41. The molecule has 2 nitrogen and oxygen atoms in total. The normalized spacial score (nSPS) is 19.6. The molecule has 1 aliphatic heterocycles. The molecule has 1 aromatic carbocycles. The smallest absolute Gasteiger partial charge is 0.389 e. The summed E-state index contributed by atoms with van der Waals surface area (Å²) in [7, 11) is 0. The maximum Gasteiger partial charge on any atom is 0.389 e. The minimum atomic E-state index is -4.11. The van der Waals surface area contributed by atoms with E-state index in [2.05, 4.69) is 5.32 Å². The van der Waals surface area contributed by atoms with Crippen LogP contribution in [0.1, 0.15) is 43.9 Å². The third kappa shape index (κ3) is 3.88. The van der Waals surface area contributed by atoms with Gasteiger partial charge in [0.1, 0.15) is 11.9 Å². The number of ether oxygens (including phenoxy) is 1. The minimum Gasteiger partial charge on any atom is -0.490 e. The van der Waals surface area contributed by atoms with Crippen LogP contribution < -0.4 is 10.1 Å². The fourth-order valence-electron chi connectivity index (χ4n) is 2.60. The Morgan fingerprint density at radius 1 is 1.40 bits per heavy atom. The van der Waals surface area contributed by atoms with Crippen LogP contribution in [-0.4, -0.2) is 18.8 Å². The van der Waals surface area contributed by atoms with Gasteiger partial charge in [-0.1, -0.05) is 19.1 Å². The predicted octanol–water partition coefficient (Wildman–Crippen LogP) is 4.00. The van der Waals surface area contributed by atoms with Gasteiger partial charge in [0.05, 0.1) is 0 Å². The largest absolute Gasteiger partial charge is 0.490 e. The van der Waals surface area contributed by atoms with Crippen LogP contribution in [0.4, 0.5) is 13.2 Å². The number of fused-ring (bicyclic) bond motifs is 1. The summed E-state index contributed by atoms with van der Waals surface area (Å²) in [5.74, 6) is 0.854. The van der Waals surface area contributed by atoms with Crippen molar-refractivity contribution in [2.24, 2.45) is 0 Å². The van der Waals surface area contributed by atoms with Crippen molar-refractivity contribution in [2.45, 2.75) is 51.4 Å². The first-order valence-corrected chi connectivity index (χ1v) is 6.98. The predicted molar refractivity (Wildman–Crippen MR) is 71.9 cm³/mol. The average molecular weight is 287 g/mol. The van der Waals surface area contributed by atoms with E-state index >= 15 is 0 Å². The van der Waals surface area contributed by atoms with Gasteiger partial charge in [0, 0.05) is 18.9 Å². The first-order chi connectivity index (χ1) is 9.39. The molecular formula is C15H20F3NO. The van der Waals surface area contributed by atoms with Gasteiger partial charge in [-0.25, -0.2) is 0 Å². The maximum atomic E-state index is 12.4. The summed E-state index contributed by atoms with van der Waals surface area (Å²) in [6, 6.07) is 5.44. The van der Waals surface area contributed by atoms with Crippen molar-refractivity contribution in [1.29, 1.82) is 0 Å². The van der Waals surface area contributed by atoms with E-state index in [0.717, 1.165) is 23.3 Å². The fraction of sp³-hybridized carbons (Fsp3) is 0.600. The summed E-state index contributed by atoms with van der Waals surface area (Å²) >= 11 is 0. The van der Waals surface area contributed by atoms with E-state index in [1.54, 1.807) is 0 Å². The molecule has 5 heteroatoms. The summed E-state index contributed by atoms with van der Waals surface area (Å²) in [5.41, 5.74) is 2.00. The molecule has 2 unspecified atom stereocenters. The van der Waals surface area contributed by atoms with E-state index in [1.807, 2.05) is 32.0 Å². The van der Waals surface area contributed by atoms with Crippen molar-refractivity contribution in [3.05, 3.63) is 29.3 Å². The zero-order valence-corrected chi connectivity index (χ0v) is 11.8. The van der Waals surface area contributed by atoms with Gasteiger partial charge in [-0.15, -0.1) is 0 Å². The summed E-state index contributed by atoms with van der Waals surface area (Å²) in [6.45, 7) is 4.54. The van der Waals surface area contributed by atoms with Crippen molar-refractivity contribution in [3.8, 4) is 5.75 Å². The lowest BCUT2D eigenvalue weighted by molar-refractivity contribution is -0.136. The number of rotatable bonds is 5. The van der Waals surface area contributed by atoms with E-state index in [-0.39, 0.29) is 18.6 Å². The molecule has 0 amide bonds. The molecule has 0 saturated carbocycles. The zero-order chi connectivity index (χ0) is 14.8. The Balaban J connectivity index is 2.11. The van der Waals surface area contributed by atoms with Crippen LogP contribution >= 0.6 is 0 Å². The quantitative estimate of drug-likeness (QED) is 0.883. The van der Waals surface area contributed by atoms with Crippen molar-refractivity contribution in [2.75, 3.05) is 6.54 Å². The molecule has 1 heterocycles. The van der Waals surface area contributed by atoms with Gasteiger partial charge in [-0.05, 0) is 37.1 Å². The Kier molecular flexibility index (Phi) is 4.58. The van der Waals surface area contributed by atoms with Gasteiger partial charge >= 0.3 is 6.18 Å². The highest BCUT2D eigenvalue weighted by Gasteiger charge is 2.29. The molecule has 2 atom stereocenters. The molecule has 0 radical (unpaired) electrons. The number of hydrogen-bond donors (Lipinski definition) is 1. The van der Waals surface area contributed by atoms with Gasteiger partial charge in [0.25, 0.3) is 0 Å². The number of alkyl halides is 3. The highest BCUT2D eigenvalue weighted by atomic mass is 19.4. The van der Waals surface area contributed by atoms with Crippen molar-refractivity contribution < 1.29 is 17.9 Å². The van der Waals surface area contributed by atoms with Gasteiger partial charge < -0.3 is 10.1 Å². The van der Waals surface area contributed by atoms with Crippen LogP contribution in [-0.2, 0) is 6.42 Å². The summed E-state index contributed by atoms with van der Waals surface area (Å²) in [4.78, 5) is 0. The van der Waals surface area contributed by atoms with Crippen molar-refractivity contribution >= 4 is 0 Å². The van der Waals surface area contributed by atoms with Crippen LogP contribution in [0, 0.1) is 0 Å². The van der Waals surface area contributed by atoms with Crippen LogP contribution in [0.25, 0.3) is 0 Å². The summed E-state index contributed by atoms with van der Waals surface area (Å²) < 4.78 is 42.8. The van der Waals surface area contributed by atoms with Crippen molar-refractivity contribution in [1.82, 2.24) is 5.32 Å². The Morgan fingerprint density at radius 2 is 2.15 bits per heavy atom. The van der Waals surface area contributed by atoms with Crippen LogP contribution in [0.5, 0.6) is 5.75 Å².